The van der Waals surface area contributed by atoms with Gasteiger partial charge in [0.2, 0.25) is 10.0 Å². The van der Waals surface area contributed by atoms with Crippen LogP contribution in [0.4, 0.5) is 0 Å². The third kappa shape index (κ3) is 4.32. The number of nitrogens with zero attached hydrogens (tertiary/aromatic N) is 1. The van der Waals surface area contributed by atoms with E-state index in [1.807, 2.05) is 37.3 Å². The molecule has 1 saturated heterocycles. The van der Waals surface area contributed by atoms with E-state index < -0.39 is 22.2 Å². The van der Waals surface area contributed by atoms with Crippen LogP contribution in [0.25, 0.3) is 0 Å². The van der Waals surface area contributed by atoms with Gasteiger partial charge in [0.15, 0.2) is 0 Å². The Morgan fingerprint density at radius 2 is 1.81 bits per heavy atom. The Hall–Kier alpha value is -1.73. The van der Waals surface area contributed by atoms with Gasteiger partial charge in [0.25, 0.3) is 0 Å². The van der Waals surface area contributed by atoms with Crippen molar-refractivity contribution in [1.82, 2.24) is 4.31 Å². The lowest BCUT2D eigenvalue weighted by molar-refractivity contribution is 0.0786. The van der Waals surface area contributed by atoms with E-state index in [1.165, 1.54) is 4.31 Å². The molecule has 3 rings (SSSR count). The van der Waals surface area contributed by atoms with E-state index in [-0.39, 0.29) is 4.90 Å². The Bertz CT molecular complexity index is 805. The molecule has 1 N–H and O–H groups in total. The van der Waals surface area contributed by atoms with Crippen molar-refractivity contribution in [2.75, 3.05) is 13.2 Å². The maximum atomic E-state index is 12.9. The van der Waals surface area contributed by atoms with Crippen molar-refractivity contribution in [2.45, 2.75) is 43.4 Å². The van der Waals surface area contributed by atoms with E-state index in [4.69, 9.17) is 4.74 Å². The predicted octanol–water partition coefficient (Wildman–Crippen LogP) is 2.73. The van der Waals surface area contributed by atoms with Gasteiger partial charge in [0.05, 0.1) is 23.6 Å². The molecule has 1 heterocycles. The Morgan fingerprint density at radius 3 is 2.50 bits per heavy atom. The van der Waals surface area contributed by atoms with Crippen LogP contribution in [0.2, 0.25) is 0 Å². The third-order valence-electron chi connectivity index (χ3n) is 4.76. The Kier molecular flexibility index (Phi) is 6.09. The quantitative estimate of drug-likeness (QED) is 0.756. The molecule has 6 heteroatoms. The molecule has 2 aromatic carbocycles. The van der Waals surface area contributed by atoms with Crippen molar-refractivity contribution < 1.29 is 18.3 Å². The van der Waals surface area contributed by atoms with Gasteiger partial charge < -0.3 is 9.84 Å². The molecular weight excluding hydrogens is 350 g/mol. The molecule has 0 saturated carbocycles. The molecule has 140 valence electrons. The summed E-state index contributed by atoms with van der Waals surface area (Å²) >= 11 is 0. The number of ether oxygens (including phenoxy) is 1. The summed E-state index contributed by atoms with van der Waals surface area (Å²) in [5.41, 5.74) is 2.08. The highest BCUT2D eigenvalue weighted by Crippen LogP contribution is 2.28. The van der Waals surface area contributed by atoms with Crippen LogP contribution in [-0.2, 0) is 21.4 Å². The molecule has 2 atom stereocenters. The average Bonchev–Trinajstić information content (AvgIpc) is 3.01. The highest BCUT2D eigenvalue weighted by atomic mass is 32.2. The number of aliphatic hydroxyl groups excluding tert-OH is 1. The Labute approximate surface area is 155 Å². The molecule has 1 aliphatic rings. The van der Waals surface area contributed by atoms with Gasteiger partial charge in [-0.25, -0.2) is 8.42 Å². The van der Waals surface area contributed by atoms with Crippen LogP contribution >= 0.6 is 0 Å². The Morgan fingerprint density at radius 1 is 1.12 bits per heavy atom. The van der Waals surface area contributed by atoms with Crippen LogP contribution in [0.15, 0.2) is 59.5 Å². The fourth-order valence-electron chi connectivity index (χ4n) is 3.26. The van der Waals surface area contributed by atoms with Gasteiger partial charge in [0.1, 0.15) is 0 Å². The highest BCUT2D eigenvalue weighted by Gasteiger charge is 2.40. The van der Waals surface area contributed by atoms with Crippen molar-refractivity contribution in [3.63, 3.8) is 0 Å². The normalized spacial score (nSPS) is 21.2. The van der Waals surface area contributed by atoms with Gasteiger partial charge in [-0.3, -0.25) is 0 Å². The van der Waals surface area contributed by atoms with Crippen LogP contribution < -0.4 is 0 Å². The fourth-order valence-corrected chi connectivity index (χ4v) is 4.96. The van der Waals surface area contributed by atoms with E-state index >= 15 is 0 Å². The first-order valence-electron chi connectivity index (χ1n) is 8.87. The minimum Gasteiger partial charge on any atom is -0.391 e. The monoisotopic (exact) mass is 375 g/mol. The molecule has 0 bridgehead atoms. The number of aliphatic hydroxyl groups is 1. The molecule has 1 aliphatic heterocycles. The fraction of sp³-hybridized carbons (Fsp3) is 0.400. The summed E-state index contributed by atoms with van der Waals surface area (Å²) in [6.45, 7) is 3.13. The van der Waals surface area contributed by atoms with Crippen LogP contribution in [0.1, 0.15) is 24.0 Å². The summed E-state index contributed by atoms with van der Waals surface area (Å²) < 4.78 is 33.0. The van der Waals surface area contributed by atoms with Crippen molar-refractivity contribution in [1.29, 1.82) is 0 Å². The lowest BCUT2D eigenvalue weighted by Crippen LogP contribution is -2.40. The van der Waals surface area contributed by atoms with Crippen molar-refractivity contribution in [3.05, 3.63) is 65.7 Å². The first kappa shape index (κ1) is 19.0. The molecule has 1 fully saturated rings. The van der Waals surface area contributed by atoms with Crippen molar-refractivity contribution >= 4 is 10.0 Å². The molecule has 0 amide bonds. The van der Waals surface area contributed by atoms with E-state index in [9.17, 15) is 13.5 Å². The van der Waals surface area contributed by atoms with Gasteiger partial charge >= 0.3 is 0 Å². The molecule has 0 aliphatic carbocycles. The number of aryl methyl sites for hydroxylation is 1. The minimum absolute atomic E-state index is 0.271. The largest absolute Gasteiger partial charge is 0.391 e. The lowest BCUT2D eigenvalue weighted by atomic mass is 10.1. The number of rotatable bonds is 7. The number of sulfonamides is 1. The average molecular weight is 375 g/mol. The van der Waals surface area contributed by atoms with E-state index in [1.54, 1.807) is 24.3 Å². The molecule has 0 aromatic heterocycles. The van der Waals surface area contributed by atoms with Gasteiger partial charge in [0, 0.05) is 13.2 Å². The lowest BCUT2D eigenvalue weighted by Gasteiger charge is -2.25. The molecule has 26 heavy (non-hydrogen) atoms. The second kappa shape index (κ2) is 8.31. The topological polar surface area (TPSA) is 66.8 Å². The molecule has 0 spiro atoms. The molecule has 2 aromatic rings. The zero-order chi connectivity index (χ0) is 18.6. The van der Waals surface area contributed by atoms with Gasteiger partial charge in [-0.1, -0.05) is 48.0 Å². The molecular formula is C20H25NO4S. The molecule has 0 unspecified atom stereocenters. The minimum atomic E-state index is -3.61. The van der Waals surface area contributed by atoms with E-state index in [0.717, 1.165) is 11.1 Å². The summed E-state index contributed by atoms with van der Waals surface area (Å²) in [6.07, 6.45) is 0.267. The Balaban J connectivity index is 1.62. The van der Waals surface area contributed by atoms with Crippen molar-refractivity contribution in [3.8, 4) is 0 Å². The third-order valence-corrected chi connectivity index (χ3v) is 6.70. The summed E-state index contributed by atoms with van der Waals surface area (Å²) in [5, 5.41) is 10.3. The second-order valence-corrected chi connectivity index (χ2v) is 8.57. The summed E-state index contributed by atoms with van der Waals surface area (Å²) in [7, 11) is -3.61. The number of hydrogen-bond donors (Lipinski definition) is 1. The summed E-state index contributed by atoms with van der Waals surface area (Å²) in [5.74, 6) is 0. The molecule has 0 radical (unpaired) electrons. The summed E-state index contributed by atoms with van der Waals surface area (Å²) in [6, 6.07) is 16.2. The standard InChI is InChI=1S/C20H25NO4S/c1-16-7-9-18(10-8-16)26(23,24)21-13-11-20(22)19(21)12-14-25-15-17-5-3-2-4-6-17/h2-10,19-20,22H,11-15H2,1H3/t19-,20-/m1/s1. The van der Waals surface area contributed by atoms with E-state index in [0.29, 0.717) is 32.6 Å². The van der Waals surface area contributed by atoms with Gasteiger partial charge in [-0.15, -0.1) is 0 Å². The smallest absolute Gasteiger partial charge is 0.243 e. The number of benzene rings is 2. The van der Waals surface area contributed by atoms with Crippen LogP contribution in [0, 0.1) is 6.92 Å². The zero-order valence-corrected chi connectivity index (χ0v) is 15.7. The van der Waals surface area contributed by atoms with Crippen LogP contribution in [0.5, 0.6) is 0 Å². The maximum Gasteiger partial charge on any atom is 0.243 e. The van der Waals surface area contributed by atoms with Gasteiger partial charge in [-0.05, 0) is 37.5 Å². The second-order valence-electron chi connectivity index (χ2n) is 6.68. The highest BCUT2D eigenvalue weighted by molar-refractivity contribution is 7.89. The molecule has 5 nitrogen and oxygen atoms in total. The summed E-state index contributed by atoms with van der Waals surface area (Å²) in [4.78, 5) is 0.271. The first-order chi connectivity index (χ1) is 12.5. The SMILES string of the molecule is Cc1ccc(S(=O)(=O)N2CC[C@@H](O)[C@H]2CCOCc2ccccc2)cc1. The first-order valence-corrected chi connectivity index (χ1v) is 10.3. The predicted molar refractivity (Wildman–Crippen MR) is 100 cm³/mol. The zero-order valence-electron chi connectivity index (χ0n) is 14.9. The maximum absolute atomic E-state index is 12.9. The van der Waals surface area contributed by atoms with Crippen LogP contribution in [0.3, 0.4) is 0 Å². The van der Waals surface area contributed by atoms with E-state index in [2.05, 4.69) is 0 Å². The van der Waals surface area contributed by atoms with Crippen LogP contribution in [-0.4, -0.2) is 43.1 Å². The number of hydrogen-bond acceptors (Lipinski definition) is 4. The van der Waals surface area contributed by atoms with Crippen molar-refractivity contribution in [2.24, 2.45) is 0 Å². The van der Waals surface area contributed by atoms with Gasteiger partial charge in [-0.2, -0.15) is 4.31 Å².